The van der Waals surface area contributed by atoms with Gasteiger partial charge in [-0.05, 0) is 19.1 Å². The number of carbonyl (C=O) groups excluding carboxylic acids is 2. The highest BCUT2D eigenvalue weighted by atomic mass is 35.5. The normalized spacial score (nSPS) is 10.0. The van der Waals surface area contributed by atoms with Crippen molar-refractivity contribution in [1.82, 2.24) is 5.32 Å². The summed E-state index contributed by atoms with van der Waals surface area (Å²) < 4.78 is 4.76. The first kappa shape index (κ1) is 15.9. The number of hydrogen-bond acceptors (Lipinski definition) is 4. The Morgan fingerprint density at radius 3 is 2.79 bits per heavy atom. The molecule has 0 aliphatic rings. The smallest absolute Gasteiger partial charge is 0.307 e. The highest BCUT2D eigenvalue weighted by Gasteiger charge is 2.06. The molecule has 1 N–H and O–H groups in total. The Labute approximate surface area is 121 Å². The molecule has 0 fully saturated rings. The number of rotatable bonds is 7. The van der Waals surface area contributed by atoms with Crippen LogP contribution in [0.2, 0.25) is 5.02 Å². The lowest BCUT2D eigenvalue weighted by molar-refractivity contribution is -0.142. The van der Waals surface area contributed by atoms with E-state index in [4.69, 9.17) is 16.3 Å². The summed E-state index contributed by atoms with van der Waals surface area (Å²) in [6, 6.07) is 7.35. The second-order valence-electron chi connectivity index (χ2n) is 3.62. The lowest BCUT2D eigenvalue weighted by Crippen LogP contribution is -2.28. The molecule has 0 spiro atoms. The fourth-order valence-electron chi connectivity index (χ4n) is 1.29. The minimum absolute atomic E-state index is 0.130. The van der Waals surface area contributed by atoms with Gasteiger partial charge in [0.15, 0.2) is 0 Å². The zero-order valence-corrected chi connectivity index (χ0v) is 12.2. The van der Waals surface area contributed by atoms with Crippen molar-refractivity contribution < 1.29 is 14.3 Å². The molecular formula is C13H16ClNO3S. The van der Waals surface area contributed by atoms with Gasteiger partial charge in [-0.1, -0.05) is 23.7 Å². The van der Waals surface area contributed by atoms with E-state index >= 15 is 0 Å². The Hall–Kier alpha value is -1.20. The molecule has 0 aromatic heterocycles. The number of thioether (sulfide) groups is 1. The Balaban J connectivity index is 2.22. The first-order chi connectivity index (χ1) is 9.13. The minimum atomic E-state index is -0.304. The molecule has 0 bridgehead atoms. The van der Waals surface area contributed by atoms with Crippen LogP contribution < -0.4 is 5.32 Å². The Morgan fingerprint density at radius 1 is 1.37 bits per heavy atom. The van der Waals surface area contributed by atoms with E-state index in [1.807, 2.05) is 18.2 Å². The van der Waals surface area contributed by atoms with E-state index < -0.39 is 0 Å². The summed E-state index contributed by atoms with van der Waals surface area (Å²) >= 11 is 7.34. The van der Waals surface area contributed by atoms with Gasteiger partial charge in [-0.25, -0.2) is 0 Å². The van der Waals surface area contributed by atoms with Gasteiger partial charge in [0, 0.05) is 11.4 Å². The van der Waals surface area contributed by atoms with E-state index in [1.54, 1.807) is 13.0 Å². The standard InChI is InChI=1S/C13H16ClNO3S/c1-2-18-13(17)7-8-15-12(16)9-19-11-6-4-3-5-10(11)14/h3-6H,2,7-9H2,1H3,(H,15,16). The number of ether oxygens (including phenoxy) is 1. The number of carbonyl (C=O) groups is 2. The molecule has 0 atom stereocenters. The fraction of sp³-hybridized carbons (Fsp3) is 0.385. The topological polar surface area (TPSA) is 55.4 Å². The van der Waals surface area contributed by atoms with Gasteiger partial charge < -0.3 is 10.1 Å². The molecule has 0 heterocycles. The van der Waals surface area contributed by atoms with Crippen molar-refractivity contribution in [2.45, 2.75) is 18.2 Å². The van der Waals surface area contributed by atoms with Crippen LogP contribution >= 0.6 is 23.4 Å². The average molecular weight is 302 g/mol. The minimum Gasteiger partial charge on any atom is -0.466 e. The van der Waals surface area contributed by atoms with Crippen LogP contribution in [0.5, 0.6) is 0 Å². The van der Waals surface area contributed by atoms with Crippen molar-refractivity contribution in [3.8, 4) is 0 Å². The molecule has 6 heteroatoms. The third-order valence-electron chi connectivity index (χ3n) is 2.15. The van der Waals surface area contributed by atoms with Crippen molar-refractivity contribution in [2.24, 2.45) is 0 Å². The molecule has 0 unspecified atom stereocenters. The summed E-state index contributed by atoms with van der Waals surface area (Å²) in [6.07, 6.45) is 0.191. The maximum Gasteiger partial charge on any atom is 0.307 e. The SMILES string of the molecule is CCOC(=O)CCNC(=O)CSc1ccccc1Cl. The predicted octanol–water partition coefficient (Wildman–Crippen LogP) is 2.50. The Kier molecular flexibility index (Phi) is 7.36. The van der Waals surface area contributed by atoms with Crippen LogP contribution in [0.3, 0.4) is 0 Å². The van der Waals surface area contributed by atoms with Crippen molar-refractivity contribution in [3.63, 3.8) is 0 Å². The molecule has 1 aromatic rings. The second-order valence-corrected chi connectivity index (χ2v) is 5.05. The number of benzene rings is 1. The van der Waals surface area contributed by atoms with Gasteiger partial charge in [-0.2, -0.15) is 0 Å². The molecule has 0 aliphatic heterocycles. The molecule has 0 saturated carbocycles. The van der Waals surface area contributed by atoms with E-state index in [-0.39, 0.29) is 24.1 Å². The van der Waals surface area contributed by atoms with Crippen LogP contribution in [0.1, 0.15) is 13.3 Å². The highest BCUT2D eigenvalue weighted by molar-refractivity contribution is 8.00. The number of nitrogens with one attached hydrogen (secondary N) is 1. The molecular weight excluding hydrogens is 286 g/mol. The zero-order valence-electron chi connectivity index (χ0n) is 10.6. The first-order valence-corrected chi connectivity index (χ1v) is 7.29. The van der Waals surface area contributed by atoms with E-state index in [9.17, 15) is 9.59 Å². The van der Waals surface area contributed by atoms with E-state index in [1.165, 1.54) is 11.8 Å². The Morgan fingerprint density at radius 2 is 2.11 bits per heavy atom. The van der Waals surface area contributed by atoms with Gasteiger partial charge >= 0.3 is 5.97 Å². The second kappa shape index (κ2) is 8.82. The quantitative estimate of drug-likeness (QED) is 0.621. The van der Waals surface area contributed by atoms with Gasteiger partial charge in [-0.3, -0.25) is 9.59 Å². The van der Waals surface area contributed by atoms with Crippen molar-refractivity contribution in [1.29, 1.82) is 0 Å². The van der Waals surface area contributed by atoms with E-state index in [2.05, 4.69) is 5.32 Å². The van der Waals surface area contributed by atoms with Crippen LogP contribution in [-0.4, -0.2) is 30.8 Å². The number of esters is 1. The van der Waals surface area contributed by atoms with Crippen LogP contribution in [0.25, 0.3) is 0 Å². The molecule has 0 aliphatic carbocycles. The van der Waals surface area contributed by atoms with E-state index in [0.29, 0.717) is 18.2 Å². The fourth-order valence-corrected chi connectivity index (χ4v) is 2.36. The summed E-state index contributed by atoms with van der Waals surface area (Å²) in [4.78, 5) is 23.5. The molecule has 0 saturated heterocycles. The van der Waals surface area contributed by atoms with Crippen molar-refractivity contribution >= 4 is 35.2 Å². The number of amides is 1. The van der Waals surface area contributed by atoms with Gasteiger partial charge in [0.25, 0.3) is 0 Å². The van der Waals surface area contributed by atoms with Gasteiger partial charge in [-0.15, -0.1) is 11.8 Å². The van der Waals surface area contributed by atoms with Crippen LogP contribution in [0.4, 0.5) is 0 Å². The van der Waals surface area contributed by atoms with Gasteiger partial charge in [0.05, 0.1) is 23.8 Å². The number of hydrogen-bond donors (Lipinski definition) is 1. The maximum absolute atomic E-state index is 11.5. The summed E-state index contributed by atoms with van der Waals surface area (Å²) in [6.45, 7) is 2.40. The molecule has 104 valence electrons. The zero-order chi connectivity index (χ0) is 14.1. The van der Waals surface area contributed by atoms with E-state index in [0.717, 1.165) is 4.90 Å². The summed E-state index contributed by atoms with van der Waals surface area (Å²) in [5.74, 6) is -0.164. The third-order valence-corrected chi connectivity index (χ3v) is 3.67. The molecule has 19 heavy (non-hydrogen) atoms. The molecule has 0 radical (unpaired) electrons. The third kappa shape index (κ3) is 6.50. The summed E-state index contributed by atoms with van der Waals surface area (Å²) in [5.41, 5.74) is 0. The van der Waals surface area contributed by atoms with Crippen molar-refractivity contribution in [2.75, 3.05) is 18.9 Å². The lowest BCUT2D eigenvalue weighted by Gasteiger charge is -2.06. The maximum atomic E-state index is 11.5. The van der Waals surface area contributed by atoms with Gasteiger partial charge in [0.2, 0.25) is 5.91 Å². The first-order valence-electron chi connectivity index (χ1n) is 5.93. The van der Waals surface area contributed by atoms with Crippen LogP contribution in [0.15, 0.2) is 29.2 Å². The van der Waals surface area contributed by atoms with Crippen LogP contribution in [-0.2, 0) is 14.3 Å². The average Bonchev–Trinajstić information content (AvgIpc) is 2.38. The summed E-state index contributed by atoms with van der Waals surface area (Å²) in [5, 5.41) is 3.29. The van der Waals surface area contributed by atoms with Crippen molar-refractivity contribution in [3.05, 3.63) is 29.3 Å². The predicted molar refractivity (Wildman–Crippen MR) is 76.4 cm³/mol. The summed E-state index contributed by atoms with van der Waals surface area (Å²) in [7, 11) is 0. The molecule has 1 rings (SSSR count). The monoisotopic (exact) mass is 301 g/mol. The highest BCUT2D eigenvalue weighted by Crippen LogP contribution is 2.26. The lowest BCUT2D eigenvalue weighted by atomic mass is 10.4. The number of halogens is 1. The molecule has 4 nitrogen and oxygen atoms in total. The molecule has 1 aromatic carbocycles. The molecule has 1 amide bonds. The Bertz CT molecular complexity index is 440. The van der Waals surface area contributed by atoms with Gasteiger partial charge in [0.1, 0.15) is 0 Å². The van der Waals surface area contributed by atoms with Crippen LogP contribution in [0, 0.1) is 0 Å². The largest absolute Gasteiger partial charge is 0.466 e.